The van der Waals surface area contributed by atoms with Crippen molar-refractivity contribution in [3.05, 3.63) is 24.1 Å². The van der Waals surface area contributed by atoms with Gasteiger partial charge in [-0.25, -0.2) is 4.98 Å². The third-order valence-corrected chi connectivity index (χ3v) is 1.77. The van der Waals surface area contributed by atoms with Gasteiger partial charge in [0.15, 0.2) is 5.58 Å². The molecular formula is C9H6F3NO3. The number of aromatic nitrogens is 1. The van der Waals surface area contributed by atoms with Crippen molar-refractivity contribution < 1.29 is 27.4 Å². The smallest absolute Gasteiger partial charge is 0.438 e. The van der Waals surface area contributed by atoms with E-state index in [1.807, 2.05) is 0 Å². The molecule has 0 amide bonds. The molecule has 1 N–H and O–H groups in total. The Morgan fingerprint density at radius 3 is 2.75 bits per heavy atom. The van der Waals surface area contributed by atoms with Gasteiger partial charge < -0.3 is 14.3 Å². The van der Waals surface area contributed by atoms with E-state index in [2.05, 4.69) is 9.72 Å². The van der Waals surface area contributed by atoms with E-state index in [0.717, 1.165) is 12.1 Å². The van der Waals surface area contributed by atoms with Gasteiger partial charge in [-0.3, -0.25) is 0 Å². The molecule has 0 saturated heterocycles. The second-order valence-corrected chi connectivity index (χ2v) is 2.94. The predicted octanol–water partition coefficient (Wildman–Crippen LogP) is 2.22. The molecule has 1 aromatic heterocycles. The molecule has 1 heterocycles. The van der Waals surface area contributed by atoms with Gasteiger partial charge in [0.2, 0.25) is 5.89 Å². The average molecular weight is 233 g/mol. The number of hydrogen-bond acceptors (Lipinski definition) is 4. The summed E-state index contributed by atoms with van der Waals surface area (Å²) in [5.41, 5.74) is 0.490. The number of aliphatic hydroxyl groups excluding tert-OH is 1. The summed E-state index contributed by atoms with van der Waals surface area (Å²) in [6, 6.07) is 3.51. The van der Waals surface area contributed by atoms with Gasteiger partial charge >= 0.3 is 6.36 Å². The zero-order chi connectivity index (χ0) is 11.8. The molecule has 2 rings (SSSR count). The molecule has 0 aliphatic heterocycles. The Morgan fingerprint density at radius 2 is 2.12 bits per heavy atom. The van der Waals surface area contributed by atoms with Crippen LogP contribution >= 0.6 is 0 Å². The summed E-state index contributed by atoms with van der Waals surface area (Å²) in [4.78, 5) is 3.82. The number of halogens is 3. The summed E-state index contributed by atoms with van der Waals surface area (Å²) in [7, 11) is 0. The van der Waals surface area contributed by atoms with Crippen LogP contribution in [0.4, 0.5) is 13.2 Å². The topological polar surface area (TPSA) is 55.5 Å². The van der Waals surface area contributed by atoms with Crippen LogP contribution < -0.4 is 4.74 Å². The Hall–Kier alpha value is -1.76. The van der Waals surface area contributed by atoms with Crippen molar-refractivity contribution >= 4 is 11.1 Å². The van der Waals surface area contributed by atoms with E-state index in [1.54, 1.807) is 0 Å². The van der Waals surface area contributed by atoms with Crippen molar-refractivity contribution in [3.8, 4) is 5.75 Å². The highest BCUT2D eigenvalue weighted by Gasteiger charge is 2.31. The lowest BCUT2D eigenvalue weighted by molar-refractivity contribution is -0.274. The predicted molar refractivity (Wildman–Crippen MR) is 46.6 cm³/mol. The zero-order valence-electron chi connectivity index (χ0n) is 7.78. The van der Waals surface area contributed by atoms with Crippen LogP contribution in [0.1, 0.15) is 5.89 Å². The second kappa shape index (κ2) is 3.67. The molecule has 0 unspecified atom stereocenters. The number of rotatable bonds is 2. The number of oxazole rings is 1. The van der Waals surface area contributed by atoms with Gasteiger partial charge in [-0.05, 0) is 12.1 Å². The van der Waals surface area contributed by atoms with E-state index >= 15 is 0 Å². The number of alkyl halides is 3. The maximum absolute atomic E-state index is 11.9. The van der Waals surface area contributed by atoms with Crippen LogP contribution in [0, 0.1) is 0 Å². The summed E-state index contributed by atoms with van der Waals surface area (Å²) in [5, 5.41) is 8.73. The molecule has 0 radical (unpaired) electrons. The molecule has 0 atom stereocenters. The lowest BCUT2D eigenvalue weighted by Crippen LogP contribution is -2.16. The van der Waals surface area contributed by atoms with E-state index in [0.29, 0.717) is 5.52 Å². The Morgan fingerprint density at radius 1 is 1.38 bits per heavy atom. The van der Waals surface area contributed by atoms with Crippen LogP contribution in [0.25, 0.3) is 11.1 Å². The molecule has 0 aliphatic carbocycles. The standard InChI is InChI=1S/C9H6F3NO3/c10-9(11,12)16-5-1-2-6-7(3-5)15-8(4-14)13-6/h1-3,14H,4H2. The summed E-state index contributed by atoms with van der Waals surface area (Å²) in [6.45, 7) is -0.413. The minimum absolute atomic E-state index is 0.0409. The van der Waals surface area contributed by atoms with E-state index in [-0.39, 0.29) is 17.2 Å². The Labute approximate surface area is 87.3 Å². The van der Waals surface area contributed by atoms with Crippen molar-refractivity contribution in [3.63, 3.8) is 0 Å². The minimum Gasteiger partial charge on any atom is -0.438 e. The molecular weight excluding hydrogens is 227 g/mol. The maximum Gasteiger partial charge on any atom is 0.573 e. The molecule has 7 heteroatoms. The third-order valence-electron chi connectivity index (χ3n) is 1.77. The van der Waals surface area contributed by atoms with Gasteiger partial charge in [0.1, 0.15) is 17.9 Å². The van der Waals surface area contributed by atoms with Crippen molar-refractivity contribution in [2.75, 3.05) is 0 Å². The van der Waals surface area contributed by atoms with E-state index in [1.165, 1.54) is 6.07 Å². The van der Waals surface area contributed by atoms with Crippen LogP contribution in [-0.4, -0.2) is 16.5 Å². The number of aliphatic hydroxyl groups is 1. The molecule has 0 bridgehead atoms. The van der Waals surface area contributed by atoms with Crippen molar-refractivity contribution in [1.29, 1.82) is 0 Å². The molecule has 1 aromatic carbocycles. The minimum atomic E-state index is -4.74. The summed E-state index contributed by atoms with van der Waals surface area (Å²) in [5.74, 6) is -0.347. The normalized spacial score (nSPS) is 12.0. The number of nitrogens with zero attached hydrogens (tertiary/aromatic N) is 1. The summed E-state index contributed by atoms with van der Waals surface area (Å²) >= 11 is 0. The molecule has 86 valence electrons. The van der Waals surface area contributed by atoms with Gasteiger partial charge in [0.25, 0.3) is 0 Å². The van der Waals surface area contributed by atoms with Crippen LogP contribution in [0.3, 0.4) is 0 Å². The highest BCUT2D eigenvalue weighted by atomic mass is 19.4. The highest BCUT2D eigenvalue weighted by Crippen LogP contribution is 2.26. The Bertz CT molecular complexity index is 506. The molecule has 0 fully saturated rings. The molecule has 0 aliphatic rings. The lowest BCUT2D eigenvalue weighted by Gasteiger charge is -2.07. The Balaban J connectivity index is 2.36. The van der Waals surface area contributed by atoms with E-state index in [4.69, 9.17) is 9.52 Å². The molecule has 2 aromatic rings. The fraction of sp³-hybridized carbons (Fsp3) is 0.222. The van der Waals surface area contributed by atoms with Crippen LogP contribution in [0.15, 0.2) is 22.6 Å². The fourth-order valence-corrected chi connectivity index (χ4v) is 1.22. The number of hydrogen-bond donors (Lipinski definition) is 1. The SMILES string of the molecule is OCc1nc2ccc(OC(F)(F)F)cc2o1. The zero-order valence-corrected chi connectivity index (χ0v) is 7.78. The van der Waals surface area contributed by atoms with Crippen LogP contribution in [0.2, 0.25) is 0 Å². The van der Waals surface area contributed by atoms with E-state index < -0.39 is 13.0 Å². The van der Waals surface area contributed by atoms with Crippen LogP contribution in [-0.2, 0) is 6.61 Å². The van der Waals surface area contributed by atoms with Crippen molar-refractivity contribution in [2.24, 2.45) is 0 Å². The molecule has 16 heavy (non-hydrogen) atoms. The fourth-order valence-electron chi connectivity index (χ4n) is 1.22. The van der Waals surface area contributed by atoms with E-state index in [9.17, 15) is 13.2 Å². The molecule has 4 nitrogen and oxygen atoms in total. The average Bonchev–Trinajstić information content (AvgIpc) is 2.57. The molecule has 0 spiro atoms. The number of fused-ring (bicyclic) bond motifs is 1. The van der Waals surface area contributed by atoms with Gasteiger partial charge in [-0.2, -0.15) is 0 Å². The monoisotopic (exact) mass is 233 g/mol. The first-order chi connectivity index (χ1) is 7.48. The summed E-state index contributed by atoms with van der Waals surface area (Å²) in [6.07, 6.45) is -4.74. The third kappa shape index (κ3) is 2.25. The Kier molecular flexibility index (Phi) is 2.47. The van der Waals surface area contributed by atoms with Gasteiger partial charge in [-0.1, -0.05) is 0 Å². The van der Waals surface area contributed by atoms with Crippen LogP contribution in [0.5, 0.6) is 5.75 Å². The number of benzene rings is 1. The largest absolute Gasteiger partial charge is 0.573 e. The van der Waals surface area contributed by atoms with Gasteiger partial charge in [0.05, 0.1) is 0 Å². The van der Waals surface area contributed by atoms with Gasteiger partial charge in [-0.15, -0.1) is 13.2 Å². The first-order valence-corrected chi connectivity index (χ1v) is 4.24. The van der Waals surface area contributed by atoms with Crippen molar-refractivity contribution in [1.82, 2.24) is 4.98 Å². The maximum atomic E-state index is 11.9. The lowest BCUT2D eigenvalue weighted by atomic mass is 10.3. The quantitative estimate of drug-likeness (QED) is 0.863. The summed E-state index contributed by atoms with van der Waals surface area (Å²) < 4.78 is 44.4. The highest BCUT2D eigenvalue weighted by molar-refractivity contribution is 5.74. The first kappa shape index (κ1) is 10.7. The van der Waals surface area contributed by atoms with Gasteiger partial charge in [0, 0.05) is 6.07 Å². The first-order valence-electron chi connectivity index (χ1n) is 4.24. The second-order valence-electron chi connectivity index (χ2n) is 2.94. The number of ether oxygens (including phenoxy) is 1. The van der Waals surface area contributed by atoms with Crippen molar-refractivity contribution in [2.45, 2.75) is 13.0 Å². The molecule has 0 saturated carbocycles.